The van der Waals surface area contributed by atoms with Crippen LogP contribution in [0.2, 0.25) is 0 Å². The van der Waals surface area contributed by atoms with Crippen molar-refractivity contribution in [1.82, 2.24) is 0 Å². The number of para-hydroxylation sites is 1. The van der Waals surface area contributed by atoms with Crippen LogP contribution in [0.1, 0.15) is 17.3 Å². The predicted molar refractivity (Wildman–Crippen MR) is 133 cm³/mol. The van der Waals surface area contributed by atoms with E-state index < -0.39 is 0 Å². The number of rotatable bonds is 5. The molecule has 4 aromatic rings. The second-order valence-electron chi connectivity index (χ2n) is 8.02. The largest absolute Gasteiger partial charge is 0.497 e. The van der Waals surface area contributed by atoms with Crippen molar-refractivity contribution < 1.29 is 14.2 Å². The van der Waals surface area contributed by atoms with Crippen molar-refractivity contribution in [3.63, 3.8) is 0 Å². The summed E-state index contributed by atoms with van der Waals surface area (Å²) < 4.78 is 16.7. The van der Waals surface area contributed by atoms with Gasteiger partial charge in [-0.05, 0) is 48.5 Å². The fourth-order valence-corrected chi connectivity index (χ4v) is 4.36. The zero-order valence-corrected chi connectivity index (χ0v) is 18.7. The molecule has 6 nitrogen and oxygen atoms in total. The lowest BCUT2D eigenvalue weighted by atomic mass is 10.1. The first-order valence-electron chi connectivity index (χ1n) is 11.1. The average molecular weight is 450 g/mol. The first kappa shape index (κ1) is 20.2. The molecule has 1 atom stereocenters. The highest BCUT2D eigenvalue weighted by molar-refractivity contribution is 6.12. The minimum atomic E-state index is -0.236. The summed E-state index contributed by atoms with van der Waals surface area (Å²) in [5, 5.41) is 7.21. The Morgan fingerprint density at radius 3 is 2.21 bits per heavy atom. The van der Waals surface area contributed by atoms with Crippen molar-refractivity contribution in [1.29, 1.82) is 0 Å². The number of hydrazone groups is 1. The van der Waals surface area contributed by atoms with Crippen LogP contribution in [0.3, 0.4) is 0 Å². The van der Waals surface area contributed by atoms with Crippen LogP contribution in [0, 0.1) is 0 Å². The normalized spacial score (nSPS) is 16.5. The topological polar surface area (TPSA) is 46.5 Å². The van der Waals surface area contributed by atoms with Crippen LogP contribution >= 0.6 is 0 Å². The summed E-state index contributed by atoms with van der Waals surface area (Å²) in [5.74, 6) is 3.17. The third-order valence-electron chi connectivity index (χ3n) is 6.00. The maximum Gasteiger partial charge on any atom is 0.231 e. The molecule has 4 aromatic carbocycles. The van der Waals surface area contributed by atoms with Crippen molar-refractivity contribution >= 4 is 17.2 Å². The summed E-state index contributed by atoms with van der Waals surface area (Å²) in [6.07, 6.45) is -0.236. The quantitative estimate of drug-likeness (QED) is 0.385. The lowest BCUT2D eigenvalue weighted by molar-refractivity contribution is 0.174. The van der Waals surface area contributed by atoms with Crippen LogP contribution in [0.15, 0.2) is 108 Å². The maximum absolute atomic E-state index is 5.71. The molecule has 0 aliphatic carbocycles. The molecule has 6 rings (SSSR count). The molecule has 6 heteroatoms. The van der Waals surface area contributed by atoms with Gasteiger partial charge in [-0.15, -0.1) is 0 Å². The zero-order chi connectivity index (χ0) is 22.9. The fraction of sp³-hybridized carbons (Fsp3) is 0.107. The summed E-state index contributed by atoms with van der Waals surface area (Å²) >= 11 is 0. The van der Waals surface area contributed by atoms with Crippen LogP contribution in [0.5, 0.6) is 17.2 Å². The third-order valence-corrected chi connectivity index (χ3v) is 6.00. The van der Waals surface area contributed by atoms with Gasteiger partial charge in [-0.25, -0.2) is 5.01 Å². The molecule has 168 valence electrons. The van der Waals surface area contributed by atoms with E-state index in [9.17, 15) is 0 Å². The van der Waals surface area contributed by atoms with Gasteiger partial charge in [0.05, 0.1) is 12.8 Å². The van der Waals surface area contributed by atoms with Gasteiger partial charge in [-0.3, -0.25) is 4.90 Å². The molecule has 0 saturated carbocycles. The second kappa shape index (κ2) is 8.48. The van der Waals surface area contributed by atoms with Gasteiger partial charge < -0.3 is 14.2 Å². The summed E-state index contributed by atoms with van der Waals surface area (Å²) in [5.41, 5.74) is 4.07. The first-order valence-corrected chi connectivity index (χ1v) is 11.1. The van der Waals surface area contributed by atoms with E-state index in [1.165, 1.54) is 0 Å². The van der Waals surface area contributed by atoms with E-state index in [0.29, 0.717) is 0 Å². The van der Waals surface area contributed by atoms with E-state index in [1.807, 2.05) is 60.7 Å². The standard InChI is InChI=1S/C28H23N3O3/c1-32-24-15-13-22(14-16-24)30-27(20-8-4-2-5-9-20)29-31(23-10-6-3-7-11-23)28(30)21-12-17-25-26(18-21)34-19-33-25/h2-18,28H,19H2,1H3/t28-/m1/s1. The molecular formula is C28H23N3O3. The number of hydrogen-bond donors (Lipinski definition) is 0. The summed E-state index contributed by atoms with van der Waals surface area (Å²) in [6, 6.07) is 34.6. The number of amidine groups is 1. The molecule has 0 saturated heterocycles. The van der Waals surface area contributed by atoms with E-state index >= 15 is 0 Å². The molecule has 0 N–H and O–H groups in total. The minimum absolute atomic E-state index is 0.236. The van der Waals surface area contributed by atoms with Gasteiger partial charge in [0, 0.05) is 16.8 Å². The van der Waals surface area contributed by atoms with Gasteiger partial charge in [0.1, 0.15) is 5.75 Å². The number of nitrogens with zero attached hydrogens (tertiary/aromatic N) is 3. The summed E-state index contributed by atoms with van der Waals surface area (Å²) in [7, 11) is 1.67. The van der Waals surface area contributed by atoms with E-state index in [1.54, 1.807) is 7.11 Å². The van der Waals surface area contributed by atoms with Crippen LogP contribution in [0.25, 0.3) is 0 Å². The van der Waals surface area contributed by atoms with Gasteiger partial charge in [-0.2, -0.15) is 5.10 Å². The van der Waals surface area contributed by atoms with Crippen molar-refractivity contribution in [2.24, 2.45) is 5.10 Å². The fourth-order valence-electron chi connectivity index (χ4n) is 4.36. The summed E-state index contributed by atoms with van der Waals surface area (Å²) in [4.78, 5) is 2.25. The molecule has 2 aliphatic heterocycles. The highest BCUT2D eigenvalue weighted by atomic mass is 16.7. The Morgan fingerprint density at radius 1 is 0.765 bits per heavy atom. The Labute approximate surface area is 198 Å². The number of fused-ring (bicyclic) bond motifs is 1. The molecule has 0 spiro atoms. The van der Waals surface area contributed by atoms with E-state index in [4.69, 9.17) is 19.3 Å². The Balaban J connectivity index is 1.54. The van der Waals surface area contributed by atoms with E-state index in [-0.39, 0.29) is 13.0 Å². The van der Waals surface area contributed by atoms with Crippen molar-refractivity contribution in [3.05, 3.63) is 114 Å². The van der Waals surface area contributed by atoms with Crippen LogP contribution in [0.4, 0.5) is 11.4 Å². The predicted octanol–water partition coefficient (Wildman–Crippen LogP) is 5.81. The number of benzene rings is 4. The number of ether oxygens (including phenoxy) is 3. The first-order chi connectivity index (χ1) is 16.8. The van der Waals surface area contributed by atoms with Gasteiger partial charge >= 0.3 is 0 Å². The Morgan fingerprint density at radius 2 is 1.47 bits per heavy atom. The zero-order valence-electron chi connectivity index (χ0n) is 18.7. The van der Waals surface area contributed by atoms with E-state index in [2.05, 4.69) is 52.4 Å². The number of methoxy groups -OCH3 is 1. The monoisotopic (exact) mass is 449 g/mol. The van der Waals surface area contributed by atoms with Crippen molar-refractivity contribution in [2.45, 2.75) is 6.17 Å². The van der Waals surface area contributed by atoms with Crippen molar-refractivity contribution in [3.8, 4) is 17.2 Å². The molecule has 34 heavy (non-hydrogen) atoms. The smallest absolute Gasteiger partial charge is 0.231 e. The number of anilines is 2. The summed E-state index contributed by atoms with van der Waals surface area (Å²) in [6.45, 7) is 0.236. The maximum atomic E-state index is 5.71. The van der Waals surface area contributed by atoms with Crippen LogP contribution in [-0.2, 0) is 0 Å². The molecule has 0 fully saturated rings. The molecule has 0 unspecified atom stereocenters. The van der Waals surface area contributed by atoms with Gasteiger partial charge in [-0.1, -0.05) is 54.6 Å². The molecule has 0 radical (unpaired) electrons. The van der Waals surface area contributed by atoms with Gasteiger partial charge in [0.15, 0.2) is 23.5 Å². The van der Waals surface area contributed by atoms with Gasteiger partial charge in [0.2, 0.25) is 6.79 Å². The van der Waals surface area contributed by atoms with Gasteiger partial charge in [0.25, 0.3) is 0 Å². The Hall–Kier alpha value is -4.45. The lowest BCUT2D eigenvalue weighted by Gasteiger charge is -2.32. The highest BCUT2D eigenvalue weighted by Crippen LogP contribution is 2.43. The molecule has 2 aliphatic rings. The second-order valence-corrected chi connectivity index (χ2v) is 8.02. The molecule has 2 heterocycles. The van der Waals surface area contributed by atoms with Crippen LogP contribution < -0.4 is 24.1 Å². The van der Waals surface area contributed by atoms with Crippen molar-refractivity contribution in [2.75, 3.05) is 23.8 Å². The molecular weight excluding hydrogens is 426 g/mol. The van der Waals surface area contributed by atoms with E-state index in [0.717, 1.165) is 45.6 Å². The highest BCUT2D eigenvalue weighted by Gasteiger charge is 2.38. The Kier molecular flexibility index (Phi) is 5.03. The average Bonchev–Trinajstić information content (AvgIpc) is 3.54. The molecule has 0 aromatic heterocycles. The third kappa shape index (κ3) is 3.49. The SMILES string of the molecule is COc1ccc(N2C(c3ccccc3)=NN(c3ccccc3)[C@@H]2c2ccc3c(c2)OCO3)cc1. The number of hydrogen-bond acceptors (Lipinski definition) is 6. The molecule has 0 bridgehead atoms. The lowest BCUT2D eigenvalue weighted by Crippen LogP contribution is -2.35. The molecule has 0 amide bonds. The Bertz CT molecular complexity index is 1320. The van der Waals surface area contributed by atoms with Crippen LogP contribution in [-0.4, -0.2) is 19.7 Å². The minimum Gasteiger partial charge on any atom is -0.497 e.